The Hall–Kier alpha value is -2.74. The number of likely N-dealkylation sites (tertiary alicyclic amines) is 1. The molecule has 192 valence electrons. The van der Waals surface area contributed by atoms with Crippen LogP contribution >= 0.6 is 34.5 Å². The number of anilines is 1. The Morgan fingerprint density at radius 2 is 1.89 bits per heavy atom. The van der Waals surface area contributed by atoms with E-state index in [2.05, 4.69) is 10.3 Å². The Morgan fingerprint density at radius 1 is 1.16 bits per heavy atom. The van der Waals surface area contributed by atoms with Gasteiger partial charge in [-0.3, -0.25) is 19.3 Å². The van der Waals surface area contributed by atoms with Crippen molar-refractivity contribution in [3.63, 3.8) is 0 Å². The monoisotopic (exact) mass is 555 g/mol. The van der Waals surface area contributed by atoms with E-state index < -0.39 is 22.8 Å². The average molecular weight is 557 g/mol. The highest BCUT2D eigenvalue weighted by Crippen LogP contribution is 2.60. The van der Waals surface area contributed by atoms with E-state index in [-0.39, 0.29) is 24.2 Å². The second kappa shape index (κ2) is 9.53. The van der Waals surface area contributed by atoms with Crippen molar-refractivity contribution in [2.24, 2.45) is 16.7 Å². The van der Waals surface area contributed by atoms with Crippen LogP contribution in [0.5, 0.6) is 0 Å². The topological polar surface area (TPSA) is 79.4 Å². The summed E-state index contributed by atoms with van der Waals surface area (Å²) in [5.74, 6) is -1.30. The predicted octanol–water partition coefficient (Wildman–Crippen LogP) is 6.48. The molecule has 3 aromatic rings. The van der Waals surface area contributed by atoms with Gasteiger partial charge in [-0.25, -0.2) is 4.98 Å². The van der Waals surface area contributed by atoms with Gasteiger partial charge in [-0.05, 0) is 42.0 Å². The Morgan fingerprint density at radius 3 is 2.59 bits per heavy atom. The summed E-state index contributed by atoms with van der Waals surface area (Å²) in [5.41, 5.74) is 0.975. The molecule has 3 atom stereocenters. The lowest BCUT2D eigenvalue weighted by molar-refractivity contribution is -0.172. The number of hydrogen-bond acceptors (Lipinski definition) is 5. The molecule has 0 radical (unpaired) electrons. The van der Waals surface area contributed by atoms with Crippen LogP contribution < -0.4 is 5.32 Å². The number of piperidine rings is 1. The normalized spacial score (nSPS) is 23.3. The zero-order chi connectivity index (χ0) is 26.5. The molecule has 1 saturated carbocycles. The molecule has 1 aliphatic carbocycles. The van der Waals surface area contributed by atoms with E-state index in [4.69, 9.17) is 23.2 Å². The van der Waals surface area contributed by atoms with Crippen LogP contribution in [0.25, 0.3) is 11.3 Å². The Balaban J connectivity index is 1.46. The van der Waals surface area contributed by atoms with Crippen molar-refractivity contribution < 1.29 is 14.4 Å². The second-order valence-corrected chi connectivity index (χ2v) is 12.2. The molecule has 1 aliphatic heterocycles. The number of hydrogen-bond donors (Lipinski definition) is 1. The number of nitrogens with zero attached hydrogens (tertiary/aromatic N) is 2. The van der Waals surface area contributed by atoms with Gasteiger partial charge in [0.05, 0.1) is 16.1 Å². The third kappa shape index (κ3) is 4.37. The van der Waals surface area contributed by atoms with E-state index in [1.54, 1.807) is 23.6 Å². The quantitative estimate of drug-likeness (QED) is 0.353. The second-order valence-electron chi connectivity index (χ2n) is 10.5. The lowest BCUT2D eigenvalue weighted by atomic mass is 9.62. The van der Waals surface area contributed by atoms with Gasteiger partial charge in [-0.2, -0.15) is 0 Å². The van der Waals surface area contributed by atoms with E-state index in [0.29, 0.717) is 39.3 Å². The number of halogens is 2. The van der Waals surface area contributed by atoms with Crippen LogP contribution in [0.1, 0.15) is 39.2 Å². The van der Waals surface area contributed by atoms with Crippen molar-refractivity contribution in [2.45, 2.75) is 46.1 Å². The number of imide groups is 1. The summed E-state index contributed by atoms with van der Waals surface area (Å²) in [4.78, 5) is 47.0. The maximum absolute atomic E-state index is 13.9. The van der Waals surface area contributed by atoms with Gasteiger partial charge in [0.2, 0.25) is 17.7 Å². The molecule has 2 aromatic carbocycles. The highest BCUT2D eigenvalue weighted by molar-refractivity contribution is 7.14. The van der Waals surface area contributed by atoms with Crippen LogP contribution in [0.2, 0.25) is 10.0 Å². The molecule has 2 aliphatic rings. The fraction of sp³-hybridized carbons (Fsp3) is 0.357. The van der Waals surface area contributed by atoms with E-state index in [1.165, 1.54) is 16.2 Å². The van der Waals surface area contributed by atoms with Crippen molar-refractivity contribution in [2.75, 3.05) is 5.32 Å². The predicted molar refractivity (Wildman–Crippen MR) is 147 cm³/mol. The van der Waals surface area contributed by atoms with E-state index in [0.717, 1.165) is 5.56 Å². The van der Waals surface area contributed by atoms with Crippen LogP contribution in [-0.2, 0) is 20.8 Å². The molecule has 0 spiro atoms. The zero-order valence-corrected chi connectivity index (χ0v) is 23.1. The lowest BCUT2D eigenvalue weighted by Crippen LogP contribution is -2.64. The van der Waals surface area contributed by atoms with Crippen molar-refractivity contribution >= 4 is 57.4 Å². The van der Waals surface area contributed by atoms with Crippen molar-refractivity contribution in [3.8, 4) is 11.3 Å². The number of thiazole rings is 1. The minimum atomic E-state index is -0.995. The van der Waals surface area contributed by atoms with Gasteiger partial charge in [0.25, 0.3) is 0 Å². The summed E-state index contributed by atoms with van der Waals surface area (Å²) in [5, 5.41) is 5.97. The summed E-state index contributed by atoms with van der Waals surface area (Å²) >= 11 is 13.6. The van der Waals surface area contributed by atoms with Crippen molar-refractivity contribution in [3.05, 3.63) is 69.5 Å². The highest BCUT2D eigenvalue weighted by atomic mass is 35.5. The average Bonchev–Trinajstić information content (AvgIpc) is 3.37. The number of carbonyl (C=O) groups excluding carboxylic acids is 3. The number of benzene rings is 2. The molecule has 1 aromatic heterocycles. The van der Waals surface area contributed by atoms with E-state index >= 15 is 0 Å². The molecule has 1 saturated heterocycles. The SMILES string of the molecule is CC12CCC(C(=O)N(C(Cc3ccccc3)C(=O)Nc3nc(-c4ccc(Cl)cc4Cl)cs3)C1=O)C2(C)C. The molecule has 3 amide bonds. The number of aromatic nitrogens is 1. The van der Waals surface area contributed by atoms with Crippen LogP contribution in [0.3, 0.4) is 0 Å². The van der Waals surface area contributed by atoms with Crippen LogP contribution in [0.4, 0.5) is 5.13 Å². The summed E-state index contributed by atoms with van der Waals surface area (Å²) in [6.07, 6.45) is 1.49. The summed E-state index contributed by atoms with van der Waals surface area (Å²) in [6.45, 7) is 5.90. The third-order valence-corrected chi connectivity index (χ3v) is 9.59. The summed E-state index contributed by atoms with van der Waals surface area (Å²) < 4.78 is 0. The smallest absolute Gasteiger partial charge is 0.249 e. The molecular formula is C28H27Cl2N3O3S. The number of carbonyl (C=O) groups is 3. The highest BCUT2D eigenvalue weighted by Gasteiger charge is 2.65. The van der Waals surface area contributed by atoms with Crippen LogP contribution in [0, 0.1) is 16.7 Å². The molecule has 3 unspecified atom stereocenters. The van der Waals surface area contributed by atoms with Crippen LogP contribution in [-0.4, -0.2) is 33.6 Å². The molecule has 2 fully saturated rings. The third-order valence-electron chi connectivity index (χ3n) is 8.28. The number of fused-ring (bicyclic) bond motifs is 2. The number of amides is 3. The molecule has 37 heavy (non-hydrogen) atoms. The lowest BCUT2D eigenvalue weighted by Gasteiger charge is -2.49. The maximum atomic E-state index is 13.9. The molecule has 2 bridgehead atoms. The molecule has 2 heterocycles. The van der Waals surface area contributed by atoms with Gasteiger partial charge in [-0.15, -0.1) is 11.3 Å². The molecule has 1 N–H and O–H groups in total. The molecule has 6 nitrogen and oxygen atoms in total. The van der Waals surface area contributed by atoms with E-state index in [9.17, 15) is 14.4 Å². The molecular weight excluding hydrogens is 529 g/mol. The number of nitrogens with one attached hydrogen (secondary N) is 1. The Labute approximate surface area is 230 Å². The largest absolute Gasteiger partial charge is 0.300 e. The van der Waals surface area contributed by atoms with Crippen LogP contribution in [0.15, 0.2) is 53.9 Å². The van der Waals surface area contributed by atoms with Gasteiger partial charge in [-0.1, -0.05) is 74.3 Å². The fourth-order valence-electron chi connectivity index (χ4n) is 5.62. The minimum Gasteiger partial charge on any atom is -0.300 e. The molecule has 5 rings (SSSR count). The maximum Gasteiger partial charge on any atom is 0.249 e. The first-order chi connectivity index (χ1) is 17.5. The summed E-state index contributed by atoms with van der Waals surface area (Å²) in [7, 11) is 0. The first-order valence-electron chi connectivity index (χ1n) is 12.2. The zero-order valence-electron chi connectivity index (χ0n) is 20.8. The van der Waals surface area contributed by atoms with E-state index in [1.807, 2.05) is 51.1 Å². The minimum absolute atomic E-state index is 0.217. The standard InChI is InChI=1S/C28H27Cl2N3O3S/c1-27(2)19-11-12-28(27,3)25(36)33(24(19)35)22(13-16-7-5-4-6-8-16)23(34)32-26-31-21(15-37-26)18-10-9-17(29)14-20(18)30/h4-10,14-15,19,22H,11-13H2,1-3H3,(H,31,32,34). The van der Waals surface area contributed by atoms with Gasteiger partial charge in [0.1, 0.15) is 6.04 Å². The van der Waals surface area contributed by atoms with Gasteiger partial charge in [0, 0.05) is 28.3 Å². The Kier molecular flexibility index (Phi) is 6.67. The van der Waals surface area contributed by atoms with Crippen molar-refractivity contribution in [1.82, 2.24) is 9.88 Å². The van der Waals surface area contributed by atoms with Crippen molar-refractivity contribution in [1.29, 1.82) is 0 Å². The Bertz CT molecular complexity index is 1390. The fourth-order valence-corrected chi connectivity index (χ4v) is 6.84. The summed E-state index contributed by atoms with van der Waals surface area (Å²) in [6, 6.07) is 13.6. The first-order valence-corrected chi connectivity index (χ1v) is 13.8. The first kappa shape index (κ1) is 25.9. The number of rotatable bonds is 6. The van der Waals surface area contributed by atoms with Gasteiger partial charge in [0.15, 0.2) is 5.13 Å². The van der Waals surface area contributed by atoms with Gasteiger partial charge < -0.3 is 5.32 Å². The van der Waals surface area contributed by atoms with Gasteiger partial charge >= 0.3 is 0 Å². The molecule has 9 heteroatoms.